The van der Waals surface area contributed by atoms with Crippen LogP contribution in [-0.4, -0.2) is 41.0 Å². The summed E-state index contributed by atoms with van der Waals surface area (Å²) in [5.41, 5.74) is 5.80. The molecule has 0 spiro atoms. The topological polar surface area (TPSA) is 67.1 Å². The van der Waals surface area contributed by atoms with Gasteiger partial charge in [0.2, 0.25) is 0 Å². The van der Waals surface area contributed by atoms with E-state index in [1.54, 1.807) is 0 Å². The van der Waals surface area contributed by atoms with Crippen LogP contribution in [0.2, 0.25) is 0 Å². The molecule has 1 fully saturated rings. The highest BCUT2D eigenvalue weighted by Gasteiger charge is 2.09. The molecule has 0 unspecified atom stereocenters. The van der Waals surface area contributed by atoms with E-state index in [2.05, 4.69) is 27.1 Å². The van der Waals surface area contributed by atoms with Crippen LogP contribution in [0, 0.1) is 0 Å². The Kier molecular flexibility index (Phi) is 5.39. The van der Waals surface area contributed by atoms with Crippen molar-refractivity contribution < 1.29 is 0 Å². The number of rotatable bonds is 6. The van der Waals surface area contributed by atoms with Crippen LogP contribution in [0.5, 0.6) is 0 Å². The molecule has 5 heteroatoms. The maximum atomic E-state index is 5.80. The number of nitrogen functional groups attached to an aromatic ring is 1. The molecule has 1 saturated heterocycles. The summed E-state index contributed by atoms with van der Waals surface area (Å²) >= 11 is 0. The van der Waals surface area contributed by atoms with Crippen LogP contribution in [-0.2, 0) is 6.42 Å². The van der Waals surface area contributed by atoms with Crippen LogP contribution in [0.15, 0.2) is 6.07 Å². The third-order valence-electron chi connectivity index (χ3n) is 3.45. The summed E-state index contributed by atoms with van der Waals surface area (Å²) in [7, 11) is 0. The van der Waals surface area contributed by atoms with E-state index in [-0.39, 0.29) is 0 Å². The normalized spacial score (nSPS) is 16.5. The number of piperidine rings is 1. The third-order valence-corrected chi connectivity index (χ3v) is 3.45. The molecule has 0 aliphatic carbocycles. The van der Waals surface area contributed by atoms with Gasteiger partial charge in [0, 0.05) is 25.6 Å². The van der Waals surface area contributed by atoms with Gasteiger partial charge in [0.05, 0.1) is 0 Å². The molecule has 0 aromatic carbocycles. The van der Waals surface area contributed by atoms with E-state index < -0.39 is 0 Å². The number of hydrogen-bond acceptors (Lipinski definition) is 5. The lowest BCUT2D eigenvalue weighted by Gasteiger charge is -2.26. The molecular formula is C14H25N5. The number of aryl methyl sites for hydroxylation is 1. The minimum atomic E-state index is 0.555. The van der Waals surface area contributed by atoms with E-state index in [0.717, 1.165) is 37.6 Å². The lowest BCUT2D eigenvalue weighted by Crippen LogP contribution is -2.33. The number of hydrogen-bond donors (Lipinski definition) is 2. The van der Waals surface area contributed by atoms with E-state index in [1.807, 2.05) is 6.07 Å². The van der Waals surface area contributed by atoms with Gasteiger partial charge in [0.1, 0.15) is 17.5 Å². The van der Waals surface area contributed by atoms with Gasteiger partial charge in [-0.2, -0.15) is 0 Å². The quantitative estimate of drug-likeness (QED) is 0.820. The molecule has 3 N–H and O–H groups in total. The zero-order chi connectivity index (χ0) is 13.5. The van der Waals surface area contributed by atoms with Gasteiger partial charge in [-0.15, -0.1) is 0 Å². The Labute approximate surface area is 115 Å². The fraction of sp³-hybridized carbons (Fsp3) is 0.714. The van der Waals surface area contributed by atoms with Crippen molar-refractivity contribution in [2.75, 3.05) is 37.2 Å². The zero-order valence-electron chi connectivity index (χ0n) is 11.9. The van der Waals surface area contributed by atoms with Crippen molar-refractivity contribution in [2.45, 2.75) is 39.0 Å². The highest BCUT2D eigenvalue weighted by atomic mass is 15.1. The van der Waals surface area contributed by atoms with Gasteiger partial charge in [0.25, 0.3) is 0 Å². The average molecular weight is 263 g/mol. The zero-order valence-corrected chi connectivity index (χ0v) is 11.9. The molecule has 1 aliphatic heterocycles. The molecule has 0 radical (unpaired) electrons. The molecule has 106 valence electrons. The highest BCUT2D eigenvalue weighted by Crippen LogP contribution is 2.11. The van der Waals surface area contributed by atoms with Crippen molar-refractivity contribution in [3.63, 3.8) is 0 Å². The molecule has 5 nitrogen and oxygen atoms in total. The number of aromatic nitrogens is 2. The Morgan fingerprint density at radius 2 is 2.05 bits per heavy atom. The fourth-order valence-electron chi connectivity index (χ4n) is 2.47. The molecule has 2 heterocycles. The minimum absolute atomic E-state index is 0.555. The second-order valence-electron chi connectivity index (χ2n) is 5.17. The first kappa shape index (κ1) is 14.1. The van der Waals surface area contributed by atoms with Gasteiger partial charge < -0.3 is 16.0 Å². The van der Waals surface area contributed by atoms with E-state index in [4.69, 9.17) is 5.73 Å². The predicted octanol–water partition coefficient (Wildman–Crippen LogP) is 1.91. The molecule has 19 heavy (non-hydrogen) atoms. The molecule has 0 amide bonds. The van der Waals surface area contributed by atoms with Gasteiger partial charge in [-0.25, -0.2) is 9.97 Å². The maximum Gasteiger partial charge on any atom is 0.133 e. The first-order valence-corrected chi connectivity index (χ1v) is 7.37. The molecular weight excluding hydrogens is 238 g/mol. The van der Waals surface area contributed by atoms with Gasteiger partial charge in [0.15, 0.2) is 0 Å². The minimum Gasteiger partial charge on any atom is -0.384 e. The van der Waals surface area contributed by atoms with Crippen LogP contribution in [0.4, 0.5) is 11.6 Å². The summed E-state index contributed by atoms with van der Waals surface area (Å²) in [5.74, 6) is 2.25. The van der Waals surface area contributed by atoms with Gasteiger partial charge in [-0.3, -0.25) is 0 Å². The van der Waals surface area contributed by atoms with Crippen molar-refractivity contribution in [1.29, 1.82) is 0 Å². The van der Waals surface area contributed by atoms with Crippen molar-refractivity contribution in [2.24, 2.45) is 0 Å². The molecule has 0 bridgehead atoms. The van der Waals surface area contributed by atoms with Crippen molar-refractivity contribution in [3.8, 4) is 0 Å². The van der Waals surface area contributed by atoms with Crippen molar-refractivity contribution in [1.82, 2.24) is 14.9 Å². The summed E-state index contributed by atoms with van der Waals surface area (Å²) in [6.45, 7) is 6.58. The van der Waals surface area contributed by atoms with Crippen LogP contribution >= 0.6 is 0 Å². The first-order chi connectivity index (χ1) is 9.28. The summed E-state index contributed by atoms with van der Waals surface area (Å²) in [5, 5.41) is 3.36. The highest BCUT2D eigenvalue weighted by molar-refractivity contribution is 5.44. The lowest BCUT2D eigenvalue weighted by molar-refractivity contribution is 0.237. The standard InChI is InChI=1S/C14H25N5/c1-2-6-13-17-12(15)11-14(18-13)16-7-10-19-8-4-3-5-9-19/h11H,2-10H2,1H3,(H3,15,16,17,18). The molecule has 1 aromatic heterocycles. The lowest BCUT2D eigenvalue weighted by atomic mass is 10.1. The van der Waals surface area contributed by atoms with E-state index in [0.29, 0.717) is 5.82 Å². The Bertz CT molecular complexity index is 387. The van der Waals surface area contributed by atoms with Crippen LogP contribution in [0.1, 0.15) is 38.4 Å². The van der Waals surface area contributed by atoms with Crippen molar-refractivity contribution >= 4 is 11.6 Å². The summed E-state index contributed by atoms with van der Waals surface area (Å²) in [6.07, 6.45) is 5.97. The smallest absolute Gasteiger partial charge is 0.133 e. The van der Waals surface area contributed by atoms with E-state index in [1.165, 1.54) is 32.4 Å². The molecule has 1 aromatic rings. The van der Waals surface area contributed by atoms with E-state index >= 15 is 0 Å². The number of nitrogens with zero attached hydrogens (tertiary/aromatic N) is 3. The number of nitrogens with one attached hydrogen (secondary N) is 1. The molecule has 0 saturated carbocycles. The van der Waals surface area contributed by atoms with Crippen molar-refractivity contribution in [3.05, 3.63) is 11.9 Å². The van der Waals surface area contributed by atoms with Gasteiger partial charge >= 0.3 is 0 Å². The summed E-state index contributed by atoms with van der Waals surface area (Å²) in [6, 6.07) is 1.81. The Morgan fingerprint density at radius 1 is 1.26 bits per heavy atom. The van der Waals surface area contributed by atoms with E-state index in [9.17, 15) is 0 Å². The molecule has 2 rings (SSSR count). The Balaban J connectivity index is 1.81. The third kappa shape index (κ3) is 4.67. The number of likely N-dealkylation sites (tertiary alicyclic amines) is 1. The van der Waals surface area contributed by atoms with Crippen LogP contribution in [0.25, 0.3) is 0 Å². The second-order valence-corrected chi connectivity index (χ2v) is 5.17. The molecule has 0 atom stereocenters. The van der Waals surface area contributed by atoms with Gasteiger partial charge in [-0.05, 0) is 32.4 Å². The predicted molar refractivity (Wildman–Crippen MR) is 79.2 cm³/mol. The van der Waals surface area contributed by atoms with Crippen LogP contribution in [0.3, 0.4) is 0 Å². The van der Waals surface area contributed by atoms with Crippen LogP contribution < -0.4 is 11.1 Å². The first-order valence-electron chi connectivity index (χ1n) is 7.37. The summed E-state index contributed by atoms with van der Waals surface area (Å²) < 4.78 is 0. The monoisotopic (exact) mass is 263 g/mol. The molecule has 1 aliphatic rings. The second kappa shape index (κ2) is 7.28. The number of nitrogens with two attached hydrogens (primary N) is 1. The largest absolute Gasteiger partial charge is 0.384 e. The average Bonchev–Trinajstić information content (AvgIpc) is 2.40. The summed E-state index contributed by atoms with van der Waals surface area (Å²) in [4.78, 5) is 11.2. The maximum absolute atomic E-state index is 5.80. The number of anilines is 2. The fourth-order valence-corrected chi connectivity index (χ4v) is 2.47. The Morgan fingerprint density at radius 3 is 2.79 bits per heavy atom. The SMILES string of the molecule is CCCc1nc(N)cc(NCCN2CCCCC2)n1. The van der Waals surface area contributed by atoms with Gasteiger partial charge in [-0.1, -0.05) is 13.3 Å². The Hall–Kier alpha value is -1.36.